The second-order valence-corrected chi connectivity index (χ2v) is 4.26. The molecule has 17 heavy (non-hydrogen) atoms. The minimum Gasteiger partial charge on any atom is -0.497 e. The second-order valence-electron chi connectivity index (χ2n) is 4.26. The Hall–Kier alpha value is -1.71. The van der Waals surface area contributed by atoms with E-state index < -0.39 is 0 Å². The van der Waals surface area contributed by atoms with Gasteiger partial charge in [0.25, 0.3) is 0 Å². The molecule has 0 aliphatic rings. The first-order chi connectivity index (χ1) is 8.02. The van der Waals surface area contributed by atoms with Crippen LogP contribution in [0.4, 0.5) is 5.69 Å². The Morgan fingerprint density at radius 2 is 1.76 bits per heavy atom. The predicted molar refractivity (Wildman–Crippen MR) is 69.4 cm³/mol. The van der Waals surface area contributed by atoms with Gasteiger partial charge in [-0.25, -0.2) is 0 Å². The fraction of sp³-hybridized carbons (Fsp3) is 0.462. The summed E-state index contributed by atoms with van der Waals surface area (Å²) in [6.07, 6.45) is 0. The Morgan fingerprint density at radius 3 is 2.24 bits per heavy atom. The Bertz CT molecular complexity index is 360. The van der Waals surface area contributed by atoms with Crippen molar-refractivity contribution in [3.8, 4) is 5.75 Å². The first kappa shape index (κ1) is 13.4. The van der Waals surface area contributed by atoms with E-state index in [-0.39, 0.29) is 18.0 Å². The smallest absolute Gasteiger partial charge is 0.242 e. The van der Waals surface area contributed by atoms with Gasteiger partial charge in [0, 0.05) is 11.7 Å². The zero-order valence-electron chi connectivity index (χ0n) is 10.8. The lowest BCUT2D eigenvalue weighted by molar-refractivity contribution is -0.122. The molecule has 0 saturated carbocycles. The van der Waals surface area contributed by atoms with Crippen molar-refractivity contribution in [3.05, 3.63) is 24.3 Å². The van der Waals surface area contributed by atoms with E-state index >= 15 is 0 Å². The van der Waals surface area contributed by atoms with E-state index in [1.165, 1.54) is 0 Å². The fourth-order valence-electron chi connectivity index (χ4n) is 1.41. The molecule has 0 bridgehead atoms. The Kier molecular flexibility index (Phi) is 4.82. The van der Waals surface area contributed by atoms with Crippen molar-refractivity contribution >= 4 is 11.6 Å². The molecule has 1 rings (SSSR count). The van der Waals surface area contributed by atoms with Crippen LogP contribution in [0.2, 0.25) is 0 Å². The summed E-state index contributed by atoms with van der Waals surface area (Å²) in [5.74, 6) is 0.797. The van der Waals surface area contributed by atoms with Crippen molar-refractivity contribution in [1.29, 1.82) is 0 Å². The van der Waals surface area contributed by atoms with Gasteiger partial charge in [-0.15, -0.1) is 0 Å². The molecule has 1 atom stereocenters. The van der Waals surface area contributed by atoms with Crippen molar-refractivity contribution in [3.63, 3.8) is 0 Å². The van der Waals surface area contributed by atoms with Crippen LogP contribution in [0.1, 0.15) is 20.8 Å². The highest BCUT2D eigenvalue weighted by Gasteiger charge is 2.12. The van der Waals surface area contributed by atoms with Crippen LogP contribution in [-0.4, -0.2) is 25.1 Å². The SMILES string of the molecule is COc1ccc(NC(C)C(=O)NC(C)C)cc1. The van der Waals surface area contributed by atoms with Gasteiger partial charge in [-0.2, -0.15) is 0 Å². The maximum Gasteiger partial charge on any atom is 0.242 e. The topological polar surface area (TPSA) is 50.4 Å². The Morgan fingerprint density at radius 1 is 1.18 bits per heavy atom. The summed E-state index contributed by atoms with van der Waals surface area (Å²) in [4.78, 5) is 11.7. The van der Waals surface area contributed by atoms with Gasteiger partial charge in [-0.1, -0.05) is 0 Å². The van der Waals surface area contributed by atoms with Crippen LogP contribution in [0.5, 0.6) is 5.75 Å². The van der Waals surface area contributed by atoms with E-state index in [0.717, 1.165) is 11.4 Å². The number of hydrogen-bond donors (Lipinski definition) is 2. The van der Waals surface area contributed by atoms with Gasteiger partial charge in [0.05, 0.1) is 7.11 Å². The molecule has 0 heterocycles. The predicted octanol–water partition coefficient (Wildman–Crippen LogP) is 2.02. The third kappa shape index (κ3) is 4.34. The molecule has 0 aliphatic carbocycles. The number of anilines is 1. The van der Waals surface area contributed by atoms with Crippen molar-refractivity contribution in [2.24, 2.45) is 0 Å². The molecule has 0 fully saturated rings. The molecule has 0 radical (unpaired) electrons. The standard InChI is InChI=1S/C13H20N2O2/c1-9(2)14-13(16)10(3)15-11-5-7-12(17-4)8-6-11/h5-10,15H,1-4H3,(H,14,16). The summed E-state index contributed by atoms with van der Waals surface area (Å²) in [6, 6.07) is 7.38. The van der Waals surface area contributed by atoms with Gasteiger partial charge in [0.1, 0.15) is 11.8 Å². The van der Waals surface area contributed by atoms with Crippen LogP contribution in [0.15, 0.2) is 24.3 Å². The Labute approximate surface area is 102 Å². The second kappa shape index (κ2) is 6.13. The van der Waals surface area contributed by atoms with Crippen LogP contribution >= 0.6 is 0 Å². The van der Waals surface area contributed by atoms with Crippen LogP contribution < -0.4 is 15.4 Å². The maximum atomic E-state index is 11.7. The molecular formula is C13H20N2O2. The third-order valence-electron chi connectivity index (χ3n) is 2.30. The van der Waals surface area contributed by atoms with Crippen molar-refractivity contribution < 1.29 is 9.53 Å². The summed E-state index contributed by atoms with van der Waals surface area (Å²) in [7, 11) is 1.63. The largest absolute Gasteiger partial charge is 0.497 e. The zero-order valence-corrected chi connectivity index (χ0v) is 10.8. The molecule has 0 saturated heterocycles. The van der Waals surface area contributed by atoms with Crippen molar-refractivity contribution in [2.45, 2.75) is 32.9 Å². The number of amides is 1. The third-order valence-corrected chi connectivity index (χ3v) is 2.30. The molecule has 94 valence electrons. The number of methoxy groups -OCH3 is 1. The van der Waals surface area contributed by atoms with Gasteiger partial charge in [-0.05, 0) is 45.0 Å². The number of benzene rings is 1. The highest BCUT2D eigenvalue weighted by atomic mass is 16.5. The number of carbonyl (C=O) groups excluding carboxylic acids is 1. The van der Waals surface area contributed by atoms with Crippen LogP contribution in [0.25, 0.3) is 0 Å². The number of hydrogen-bond acceptors (Lipinski definition) is 3. The first-order valence-corrected chi connectivity index (χ1v) is 5.74. The summed E-state index contributed by atoms with van der Waals surface area (Å²) in [5.41, 5.74) is 0.900. The maximum absolute atomic E-state index is 11.7. The van der Waals surface area contributed by atoms with E-state index in [0.29, 0.717) is 0 Å². The highest BCUT2D eigenvalue weighted by Crippen LogP contribution is 2.15. The molecule has 0 spiro atoms. The van der Waals surface area contributed by atoms with Crippen molar-refractivity contribution in [2.75, 3.05) is 12.4 Å². The van der Waals surface area contributed by atoms with E-state index in [4.69, 9.17) is 4.74 Å². The van der Waals surface area contributed by atoms with Crippen LogP contribution in [0, 0.1) is 0 Å². The van der Waals surface area contributed by atoms with E-state index in [2.05, 4.69) is 10.6 Å². The lowest BCUT2D eigenvalue weighted by Crippen LogP contribution is -2.40. The van der Waals surface area contributed by atoms with E-state index in [9.17, 15) is 4.79 Å². The van der Waals surface area contributed by atoms with Gasteiger partial charge in [0.2, 0.25) is 5.91 Å². The number of ether oxygens (including phenoxy) is 1. The quantitative estimate of drug-likeness (QED) is 0.822. The summed E-state index contributed by atoms with van der Waals surface area (Å²) >= 11 is 0. The molecule has 2 N–H and O–H groups in total. The first-order valence-electron chi connectivity index (χ1n) is 5.74. The molecule has 1 unspecified atom stereocenters. The molecule has 0 aliphatic heterocycles. The molecule has 4 heteroatoms. The van der Waals surface area contributed by atoms with Gasteiger partial charge in [-0.3, -0.25) is 4.79 Å². The van der Waals surface area contributed by atoms with Gasteiger partial charge < -0.3 is 15.4 Å². The summed E-state index contributed by atoms with van der Waals surface area (Å²) in [6.45, 7) is 5.72. The molecule has 0 aromatic heterocycles. The van der Waals surface area contributed by atoms with E-state index in [1.807, 2.05) is 45.0 Å². The van der Waals surface area contributed by atoms with Gasteiger partial charge >= 0.3 is 0 Å². The van der Waals surface area contributed by atoms with E-state index in [1.54, 1.807) is 7.11 Å². The lowest BCUT2D eigenvalue weighted by atomic mass is 10.2. The lowest BCUT2D eigenvalue weighted by Gasteiger charge is -2.17. The van der Waals surface area contributed by atoms with Crippen LogP contribution in [-0.2, 0) is 4.79 Å². The monoisotopic (exact) mass is 236 g/mol. The average molecular weight is 236 g/mol. The minimum atomic E-state index is -0.259. The Balaban J connectivity index is 2.55. The molecule has 1 aromatic rings. The zero-order chi connectivity index (χ0) is 12.8. The highest BCUT2D eigenvalue weighted by molar-refractivity contribution is 5.84. The fourth-order valence-corrected chi connectivity index (χ4v) is 1.41. The summed E-state index contributed by atoms with van der Waals surface area (Å²) in [5, 5.41) is 5.99. The molecule has 1 amide bonds. The molecule has 4 nitrogen and oxygen atoms in total. The average Bonchev–Trinajstić information content (AvgIpc) is 2.29. The number of carbonyl (C=O) groups is 1. The minimum absolute atomic E-state index is 0.00387. The molecule has 1 aromatic carbocycles. The number of nitrogens with one attached hydrogen (secondary N) is 2. The van der Waals surface area contributed by atoms with Gasteiger partial charge in [0.15, 0.2) is 0 Å². The van der Waals surface area contributed by atoms with Crippen LogP contribution in [0.3, 0.4) is 0 Å². The molecular weight excluding hydrogens is 216 g/mol. The number of rotatable bonds is 5. The summed E-state index contributed by atoms with van der Waals surface area (Å²) < 4.78 is 5.07. The normalized spacial score (nSPS) is 12.1. The van der Waals surface area contributed by atoms with Crippen molar-refractivity contribution in [1.82, 2.24) is 5.32 Å².